The van der Waals surface area contributed by atoms with Crippen molar-refractivity contribution < 1.29 is 0 Å². The predicted octanol–water partition coefficient (Wildman–Crippen LogP) is 3.16. The second-order valence-corrected chi connectivity index (χ2v) is 5.58. The molecule has 0 fully saturated rings. The number of hydrogen-bond donors (Lipinski definition) is 2. The second-order valence-electron chi connectivity index (χ2n) is 5.17. The molecular formula is C16H22N4S. The van der Waals surface area contributed by atoms with Gasteiger partial charge in [-0.1, -0.05) is 29.8 Å². The summed E-state index contributed by atoms with van der Waals surface area (Å²) in [6.07, 6.45) is 0. The minimum atomic E-state index is 0.638. The van der Waals surface area contributed by atoms with Crippen molar-refractivity contribution in [3.05, 3.63) is 46.8 Å². The Labute approximate surface area is 131 Å². The number of thiocarbonyl (C=S) groups is 1. The molecule has 1 aromatic carbocycles. The molecular weight excluding hydrogens is 280 g/mol. The quantitative estimate of drug-likeness (QED) is 0.851. The van der Waals surface area contributed by atoms with Crippen molar-refractivity contribution in [1.82, 2.24) is 15.1 Å². The van der Waals surface area contributed by atoms with Gasteiger partial charge in [-0.3, -0.25) is 4.68 Å². The summed E-state index contributed by atoms with van der Waals surface area (Å²) in [7, 11) is 0. The fourth-order valence-corrected chi connectivity index (χ4v) is 2.46. The third kappa shape index (κ3) is 3.82. The Kier molecular flexibility index (Phi) is 4.96. The van der Waals surface area contributed by atoms with Gasteiger partial charge in [0.15, 0.2) is 5.11 Å². The van der Waals surface area contributed by atoms with Crippen molar-refractivity contribution in [2.45, 2.75) is 34.2 Å². The van der Waals surface area contributed by atoms with E-state index in [0.717, 1.165) is 30.2 Å². The van der Waals surface area contributed by atoms with Gasteiger partial charge in [0, 0.05) is 6.54 Å². The minimum Gasteiger partial charge on any atom is -0.363 e. The van der Waals surface area contributed by atoms with E-state index >= 15 is 0 Å². The van der Waals surface area contributed by atoms with Crippen LogP contribution in [0.4, 0.5) is 5.69 Å². The summed E-state index contributed by atoms with van der Waals surface area (Å²) in [5, 5.41) is 11.6. The lowest BCUT2D eigenvalue weighted by molar-refractivity contribution is 0.659. The third-order valence-corrected chi connectivity index (χ3v) is 3.66. The number of nitrogens with one attached hydrogen (secondary N) is 2. The van der Waals surface area contributed by atoms with Gasteiger partial charge in [0.1, 0.15) is 0 Å². The van der Waals surface area contributed by atoms with Gasteiger partial charge >= 0.3 is 0 Å². The Morgan fingerprint density at radius 3 is 2.48 bits per heavy atom. The molecule has 0 saturated carbocycles. The molecule has 0 amide bonds. The average Bonchev–Trinajstić information content (AvgIpc) is 2.69. The van der Waals surface area contributed by atoms with Crippen LogP contribution < -0.4 is 10.6 Å². The molecule has 0 spiro atoms. The van der Waals surface area contributed by atoms with E-state index < -0.39 is 0 Å². The van der Waals surface area contributed by atoms with Crippen LogP contribution >= 0.6 is 12.2 Å². The zero-order valence-electron chi connectivity index (χ0n) is 13.0. The summed E-state index contributed by atoms with van der Waals surface area (Å²) in [6.45, 7) is 9.75. The number of aromatic nitrogens is 2. The molecule has 2 aromatic rings. The Morgan fingerprint density at radius 1 is 1.19 bits per heavy atom. The molecule has 0 radical (unpaired) electrons. The van der Waals surface area contributed by atoms with Crippen LogP contribution in [-0.2, 0) is 6.54 Å². The van der Waals surface area contributed by atoms with Gasteiger partial charge < -0.3 is 10.6 Å². The number of aryl methyl sites for hydroxylation is 2. The molecule has 4 nitrogen and oxygen atoms in total. The summed E-state index contributed by atoms with van der Waals surface area (Å²) in [6, 6.07) is 8.53. The van der Waals surface area contributed by atoms with Crippen LogP contribution in [0.2, 0.25) is 0 Å². The van der Waals surface area contributed by atoms with Crippen molar-refractivity contribution in [1.29, 1.82) is 0 Å². The van der Waals surface area contributed by atoms with Crippen LogP contribution in [-0.4, -0.2) is 21.4 Å². The zero-order chi connectivity index (χ0) is 15.4. The number of benzene rings is 1. The second kappa shape index (κ2) is 6.72. The molecule has 0 unspecified atom stereocenters. The summed E-state index contributed by atoms with van der Waals surface area (Å²) in [5.41, 5.74) is 5.55. The molecule has 5 heteroatoms. The molecule has 2 rings (SSSR count). The van der Waals surface area contributed by atoms with Crippen molar-refractivity contribution >= 4 is 23.0 Å². The van der Waals surface area contributed by atoms with Gasteiger partial charge in [0.25, 0.3) is 0 Å². The Balaban J connectivity index is 2.18. The highest BCUT2D eigenvalue weighted by atomic mass is 32.1. The van der Waals surface area contributed by atoms with E-state index in [4.69, 9.17) is 12.2 Å². The number of anilines is 1. The topological polar surface area (TPSA) is 41.9 Å². The van der Waals surface area contributed by atoms with Gasteiger partial charge in [-0.05, 0) is 45.5 Å². The molecule has 112 valence electrons. The highest BCUT2D eigenvalue weighted by Crippen LogP contribution is 2.20. The van der Waals surface area contributed by atoms with Gasteiger partial charge in [-0.15, -0.1) is 0 Å². The largest absolute Gasteiger partial charge is 0.363 e. The summed E-state index contributed by atoms with van der Waals surface area (Å²) >= 11 is 5.25. The summed E-state index contributed by atoms with van der Waals surface area (Å²) in [4.78, 5) is 0. The fourth-order valence-electron chi connectivity index (χ4n) is 2.22. The Bertz CT molecular complexity index is 628. The third-order valence-electron chi connectivity index (χ3n) is 3.41. The summed E-state index contributed by atoms with van der Waals surface area (Å²) in [5.74, 6) is 0. The number of hydrogen-bond acceptors (Lipinski definition) is 2. The smallest absolute Gasteiger partial charge is 0.170 e. The monoisotopic (exact) mass is 302 g/mol. The maximum Gasteiger partial charge on any atom is 0.170 e. The van der Waals surface area contributed by atoms with Crippen molar-refractivity contribution in [3.63, 3.8) is 0 Å². The molecule has 0 aliphatic rings. The van der Waals surface area contributed by atoms with Gasteiger partial charge in [-0.25, -0.2) is 0 Å². The molecule has 0 saturated heterocycles. The normalized spacial score (nSPS) is 10.5. The van der Waals surface area contributed by atoms with E-state index in [9.17, 15) is 0 Å². The van der Waals surface area contributed by atoms with E-state index in [-0.39, 0.29) is 0 Å². The number of nitrogens with zero attached hydrogens (tertiary/aromatic N) is 2. The Hall–Kier alpha value is -1.88. The van der Waals surface area contributed by atoms with Gasteiger partial charge in [0.05, 0.1) is 23.6 Å². The highest BCUT2D eigenvalue weighted by molar-refractivity contribution is 7.80. The molecule has 1 aromatic heterocycles. The van der Waals surface area contributed by atoms with Crippen molar-refractivity contribution in [3.8, 4) is 0 Å². The average molecular weight is 302 g/mol. The zero-order valence-corrected chi connectivity index (χ0v) is 13.8. The molecule has 0 aliphatic heterocycles. The fraction of sp³-hybridized carbons (Fsp3) is 0.375. The van der Waals surface area contributed by atoms with Gasteiger partial charge in [0.2, 0.25) is 0 Å². The lowest BCUT2D eigenvalue weighted by Crippen LogP contribution is -2.28. The maximum absolute atomic E-state index is 5.25. The molecule has 0 aliphatic carbocycles. The van der Waals surface area contributed by atoms with Crippen molar-refractivity contribution in [2.75, 3.05) is 11.9 Å². The predicted molar refractivity (Wildman–Crippen MR) is 91.9 cm³/mol. The first-order chi connectivity index (χ1) is 10.0. The molecule has 0 bridgehead atoms. The maximum atomic E-state index is 5.25. The lowest BCUT2D eigenvalue weighted by Gasteiger charge is -2.10. The van der Waals surface area contributed by atoms with Crippen LogP contribution in [0.25, 0.3) is 0 Å². The van der Waals surface area contributed by atoms with E-state index in [1.165, 1.54) is 11.1 Å². The standard InChI is InChI=1S/C16H22N4S/c1-5-17-16(21)18-15-12(3)19-20(13(15)4)10-14-8-6-11(2)7-9-14/h6-9H,5,10H2,1-4H3,(H2,17,18,21). The molecule has 0 atom stereocenters. The van der Waals surface area contributed by atoms with E-state index in [2.05, 4.69) is 53.8 Å². The van der Waals surface area contributed by atoms with Crippen LogP contribution in [0.3, 0.4) is 0 Å². The Morgan fingerprint density at radius 2 is 1.86 bits per heavy atom. The van der Waals surface area contributed by atoms with Crippen LogP contribution in [0.1, 0.15) is 29.4 Å². The minimum absolute atomic E-state index is 0.638. The lowest BCUT2D eigenvalue weighted by atomic mass is 10.1. The highest BCUT2D eigenvalue weighted by Gasteiger charge is 2.12. The molecule has 2 N–H and O–H groups in total. The van der Waals surface area contributed by atoms with Crippen LogP contribution in [0.15, 0.2) is 24.3 Å². The van der Waals surface area contributed by atoms with E-state index in [1.807, 2.05) is 18.5 Å². The number of rotatable bonds is 4. The SMILES string of the molecule is CCNC(=S)Nc1c(C)nn(Cc2ccc(C)cc2)c1C. The first kappa shape index (κ1) is 15.5. The van der Waals surface area contributed by atoms with Gasteiger partial charge in [-0.2, -0.15) is 5.10 Å². The van der Waals surface area contributed by atoms with Crippen LogP contribution in [0, 0.1) is 20.8 Å². The summed E-state index contributed by atoms with van der Waals surface area (Å²) < 4.78 is 2.01. The molecule has 21 heavy (non-hydrogen) atoms. The van der Waals surface area contributed by atoms with Crippen molar-refractivity contribution in [2.24, 2.45) is 0 Å². The first-order valence-corrected chi connectivity index (χ1v) is 7.56. The first-order valence-electron chi connectivity index (χ1n) is 7.15. The molecule has 1 heterocycles. The van der Waals surface area contributed by atoms with Crippen LogP contribution in [0.5, 0.6) is 0 Å². The van der Waals surface area contributed by atoms with E-state index in [0.29, 0.717) is 5.11 Å². The van der Waals surface area contributed by atoms with E-state index in [1.54, 1.807) is 0 Å².